The van der Waals surface area contributed by atoms with Crippen LogP contribution < -0.4 is 11.1 Å². The van der Waals surface area contributed by atoms with Crippen LogP contribution in [0.25, 0.3) is 11.4 Å². The Morgan fingerprint density at radius 2 is 2.35 bits per heavy atom. The highest BCUT2D eigenvalue weighted by Gasteiger charge is 2.08. The molecule has 88 valence electrons. The number of aromatic nitrogens is 2. The van der Waals surface area contributed by atoms with Crippen molar-refractivity contribution in [1.29, 1.82) is 0 Å². The fraction of sp³-hybridized carbons (Fsp3) is 0.182. The molecule has 2 aromatic rings. The molecule has 2 rings (SSSR count). The van der Waals surface area contributed by atoms with Gasteiger partial charge in [0.2, 0.25) is 18.1 Å². The summed E-state index contributed by atoms with van der Waals surface area (Å²) in [6.07, 6.45) is 0.633. The van der Waals surface area contributed by atoms with Gasteiger partial charge in [0.05, 0.1) is 6.54 Å². The number of rotatable bonds is 4. The predicted molar refractivity (Wildman–Crippen MR) is 62.0 cm³/mol. The second-order valence-electron chi connectivity index (χ2n) is 3.51. The fourth-order valence-corrected chi connectivity index (χ4v) is 1.44. The van der Waals surface area contributed by atoms with Crippen LogP contribution in [0.2, 0.25) is 0 Å². The molecular formula is C11H12N4O2. The summed E-state index contributed by atoms with van der Waals surface area (Å²) in [5.41, 5.74) is 7.84. The van der Waals surface area contributed by atoms with Crippen molar-refractivity contribution < 1.29 is 9.32 Å². The first kappa shape index (κ1) is 11.3. The molecule has 0 aliphatic rings. The highest BCUT2D eigenvalue weighted by Crippen LogP contribution is 2.22. The van der Waals surface area contributed by atoms with Gasteiger partial charge >= 0.3 is 0 Å². The van der Waals surface area contributed by atoms with Crippen LogP contribution in [0.1, 0.15) is 11.5 Å². The standard InChI is InChI=1S/C11H12N4O2/c1-7-2-3-8(4-9(7)13-6-16)11-14-10(5-12)17-15-11/h2-4,6H,5,12H2,1H3,(H,13,16). The van der Waals surface area contributed by atoms with E-state index in [1.54, 1.807) is 6.07 Å². The Bertz CT molecular complexity index is 536. The molecular weight excluding hydrogens is 220 g/mol. The van der Waals surface area contributed by atoms with Crippen molar-refractivity contribution in [2.75, 3.05) is 5.32 Å². The van der Waals surface area contributed by atoms with Gasteiger partial charge in [-0.3, -0.25) is 4.79 Å². The Morgan fingerprint density at radius 3 is 3.00 bits per heavy atom. The summed E-state index contributed by atoms with van der Waals surface area (Å²) in [5.74, 6) is 0.838. The second kappa shape index (κ2) is 4.75. The number of hydrogen-bond acceptors (Lipinski definition) is 5. The van der Waals surface area contributed by atoms with Crippen molar-refractivity contribution in [3.63, 3.8) is 0 Å². The minimum atomic E-state index is 0.207. The summed E-state index contributed by atoms with van der Waals surface area (Å²) in [5, 5.41) is 6.42. The highest BCUT2D eigenvalue weighted by atomic mass is 16.5. The normalized spacial score (nSPS) is 10.2. The first-order chi connectivity index (χ1) is 8.24. The first-order valence-electron chi connectivity index (χ1n) is 5.08. The Balaban J connectivity index is 2.38. The molecule has 6 heteroatoms. The Kier molecular flexibility index (Phi) is 3.15. The van der Waals surface area contributed by atoms with Crippen molar-refractivity contribution in [3.8, 4) is 11.4 Å². The lowest BCUT2D eigenvalue weighted by Gasteiger charge is -2.04. The molecule has 6 nitrogen and oxygen atoms in total. The number of anilines is 1. The molecule has 0 spiro atoms. The van der Waals surface area contributed by atoms with E-state index in [4.69, 9.17) is 10.3 Å². The Hall–Kier alpha value is -2.21. The largest absolute Gasteiger partial charge is 0.338 e. The molecule has 0 saturated heterocycles. The van der Waals surface area contributed by atoms with Gasteiger partial charge in [0, 0.05) is 11.3 Å². The summed E-state index contributed by atoms with van der Waals surface area (Å²) in [7, 11) is 0. The minimum absolute atomic E-state index is 0.207. The van der Waals surface area contributed by atoms with Crippen LogP contribution in [-0.4, -0.2) is 16.6 Å². The van der Waals surface area contributed by atoms with Crippen molar-refractivity contribution >= 4 is 12.1 Å². The number of nitrogens with zero attached hydrogens (tertiary/aromatic N) is 2. The zero-order chi connectivity index (χ0) is 12.3. The smallest absolute Gasteiger partial charge is 0.240 e. The van der Waals surface area contributed by atoms with E-state index in [9.17, 15) is 4.79 Å². The zero-order valence-corrected chi connectivity index (χ0v) is 9.30. The second-order valence-corrected chi connectivity index (χ2v) is 3.51. The van der Waals surface area contributed by atoms with Crippen molar-refractivity contribution in [2.45, 2.75) is 13.5 Å². The van der Waals surface area contributed by atoms with Crippen LogP contribution in [0.4, 0.5) is 5.69 Å². The van der Waals surface area contributed by atoms with Gasteiger partial charge in [-0.1, -0.05) is 17.3 Å². The quantitative estimate of drug-likeness (QED) is 0.769. The third kappa shape index (κ3) is 2.31. The summed E-state index contributed by atoms with van der Waals surface area (Å²) in [6, 6.07) is 5.52. The lowest BCUT2D eigenvalue weighted by Crippen LogP contribution is -1.97. The molecule has 0 aliphatic carbocycles. The number of amides is 1. The van der Waals surface area contributed by atoms with Crippen molar-refractivity contribution in [3.05, 3.63) is 29.7 Å². The summed E-state index contributed by atoms with van der Waals surface area (Å²) in [4.78, 5) is 14.6. The van der Waals surface area contributed by atoms with Gasteiger partial charge in [0.25, 0.3) is 0 Å². The molecule has 0 unspecified atom stereocenters. The molecule has 0 radical (unpaired) electrons. The molecule has 0 atom stereocenters. The monoisotopic (exact) mass is 232 g/mol. The number of nitrogens with two attached hydrogens (primary N) is 1. The number of hydrogen-bond donors (Lipinski definition) is 2. The van der Waals surface area contributed by atoms with Crippen LogP contribution in [0.5, 0.6) is 0 Å². The molecule has 0 bridgehead atoms. The number of carbonyl (C=O) groups is 1. The van der Waals surface area contributed by atoms with E-state index in [2.05, 4.69) is 15.5 Å². The molecule has 1 heterocycles. The minimum Gasteiger partial charge on any atom is -0.338 e. The zero-order valence-electron chi connectivity index (χ0n) is 9.30. The van der Waals surface area contributed by atoms with E-state index in [-0.39, 0.29) is 6.54 Å². The fourth-order valence-electron chi connectivity index (χ4n) is 1.44. The Morgan fingerprint density at radius 1 is 1.53 bits per heavy atom. The van der Waals surface area contributed by atoms with E-state index in [0.29, 0.717) is 18.1 Å². The van der Waals surface area contributed by atoms with Gasteiger partial charge in [0.15, 0.2) is 0 Å². The maximum atomic E-state index is 10.4. The lowest BCUT2D eigenvalue weighted by atomic mass is 10.1. The van der Waals surface area contributed by atoms with E-state index in [0.717, 1.165) is 16.8 Å². The van der Waals surface area contributed by atoms with Gasteiger partial charge in [-0.15, -0.1) is 0 Å². The van der Waals surface area contributed by atoms with Gasteiger partial charge in [-0.05, 0) is 18.6 Å². The summed E-state index contributed by atoms with van der Waals surface area (Å²) < 4.78 is 4.92. The van der Waals surface area contributed by atoms with Crippen LogP contribution in [-0.2, 0) is 11.3 Å². The predicted octanol–water partition coefficient (Wildman–Crippen LogP) is 1.07. The highest BCUT2D eigenvalue weighted by molar-refractivity contribution is 5.76. The topological polar surface area (TPSA) is 94.0 Å². The molecule has 3 N–H and O–H groups in total. The number of nitrogens with one attached hydrogen (secondary N) is 1. The summed E-state index contributed by atoms with van der Waals surface area (Å²) in [6.45, 7) is 2.11. The molecule has 1 amide bonds. The van der Waals surface area contributed by atoms with Crippen LogP contribution >= 0.6 is 0 Å². The van der Waals surface area contributed by atoms with Crippen LogP contribution in [0.15, 0.2) is 22.7 Å². The molecule has 0 saturated carbocycles. The average molecular weight is 232 g/mol. The molecule has 0 fully saturated rings. The third-order valence-electron chi connectivity index (χ3n) is 2.35. The lowest BCUT2D eigenvalue weighted by molar-refractivity contribution is -0.105. The maximum Gasteiger partial charge on any atom is 0.240 e. The average Bonchev–Trinajstić information content (AvgIpc) is 2.81. The van der Waals surface area contributed by atoms with E-state index in [1.807, 2.05) is 19.1 Å². The SMILES string of the molecule is Cc1ccc(-c2noc(CN)n2)cc1NC=O. The molecule has 1 aromatic carbocycles. The molecule has 0 aliphatic heterocycles. The third-order valence-corrected chi connectivity index (χ3v) is 2.35. The van der Waals surface area contributed by atoms with Crippen LogP contribution in [0.3, 0.4) is 0 Å². The van der Waals surface area contributed by atoms with E-state index in [1.165, 1.54) is 0 Å². The van der Waals surface area contributed by atoms with Gasteiger partial charge in [0.1, 0.15) is 0 Å². The van der Waals surface area contributed by atoms with Crippen molar-refractivity contribution in [1.82, 2.24) is 10.1 Å². The van der Waals surface area contributed by atoms with Gasteiger partial charge in [-0.2, -0.15) is 4.98 Å². The maximum absolute atomic E-state index is 10.4. The van der Waals surface area contributed by atoms with Crippen LogP contribution in [0, 0.1) is 6.92 Å². The molecule has 1 aromatic heterocycles. The van der Waals surface area contributed by atoms with Gasteiger partial charge < -0.3 is 15.6 Å². The van der Waals surface area contributed by atoms with Gasteiger partial charge in [-0.25, -0.2) is 0 Å². The number of carbonyl (C=O) groups excluding carboxylic acids is 1. The Labute approximate surface area is 97.8 Å². The number of aryl methyl sites for hydroxylation is 1. The first-order valence-corrected chi connectivity index (χ1v) is 5.08. The molecule has 17 heavy (non-hydrogen) atoms. The van der Waals surface area contributed by atoms with E-state index >= 15 is 0 Å². The van der Waals surface area contributed by atoms with Crippen molar-refractivity contribution in [2.24, 2.45) is 5.73 Å². The summed E-state index contributed by atoms with van der Waals surface area (Å²) >= 11 is 0. The number of benzene rings is 1. The van der Waals surface area contributed by atoms with E-state index < -0.39 is 0 Å².